The lowest BCUT2D eigenvalue weighted by atomic mass is 10.7. The fourth-order valence-corrected chi connectivity index (χ4v) is 6.60. The number of hydrogen-bond acceptors (Lipinski definition) is 1. The Morgan fingerprint density at radius 1 is 0.778 bits per heavy atom. The van der Waals surface area contributed by atoms with E-state index in [1.54, 1.807) is 0 Å². The molecule has 0 spiro atoms. The second kappa shape index (κ2) is 4.03. The molecule has 1 aromatic heterocycles. The molecule has 0 amide bonds. The minimum absolute atomic E-state index is 1.40. The van der Waals surface area contributed by atoms with Crippen molar-refractivity contribution in [1.29, 1.82) is 0 Å². The second-order valence-corrected chi connectivity index (χ2v) is 8.08. The van der Waals surface area contributed by atoms with Crippen LogP contribution >= 0.6 is 102 Å². The van der Waals surface area contributed by atoms with Crippen LogP contribution in [-0.4, -0.2) is 0 Å². The topological polar surface area (TPSA) is 0 Å². The van der Waals surface area contributed by atoms with Gasteiger partial charge in [-0.15, -0.1) is 11.3 Å². The van der Waals surface area contributed by atoms with Crippen LogP contribution in [0.15, 0.2) is 0 Å². The Labute approximate surface area is 112 Å². The average Bonchev–Trinajstić information content (AvgIpc) is 1.98. The van der Waals surface area contributed by atoms with Gasteiger partial charge in [0.1, 0.15) is 0 Å². The van der Waals surface area contributed by atoms with Gasteiger partial charge in [-0.05, 0) is 90.4 Å². The average molecular weight is 588 g/mol. The van der Waals surface area contributed by atoms with E-state index in [4.69, 9.17) is 0 Å². The Kier molecular flexibility index (Phi) is 4.34. The highest BCUT2D eigenvalue weighted by atomic mass is 127. The molecule has 0 bridgehead atoms. The van der Waals surface area contributed by atoms with Crippen molar-refractivity contribution >= 4 is 102 Å². The van der Waals surface area contributed by atoms with Gasteiger partial charge in [-0.25, -0.2) is 0 Å². The maximum absolute atomic E-state index is 2.38. The summed E-state index contributed by atoms with van der Waals surface area (Å²) in [6.45, 7) is 0. The van der Waals surface area contributed by atoms with Crippen LogP contribution in [0.3, 0.4) is 0 Å². The predicted octanol–water partition coefficient (Wildman–Crippen LogP) is 4.17. The summed E-state index contributed by atoms with van der Waals surface area (Å²) in [6.07, 6.45) is 0. The van der Waals surface area contributed by atoms with Crippen LogP contribution in [0.25, 0.3) is 0 Å². The first-order valence-electron chi connectivity index (χ1n) is 1.91. The lowest BCUT2D eigenvalue weighted by Gasteiger charge is -1.82. The van der Waals surface area contributed by atoms with Crippen LogP contribution in [0.2, 0.25) is 0 Å². The van der Waals surface area contributed by atoms with Crippen molar-refractivity contribution in [2.45, 2.75) is 0 Å². The highest BCUT2D eigenvalue weighted by Crippen LogP contribution is 2.32. The first-order valence-corrected chi connectivity index (χ1v) is 7.05. The van der Waals surface area contributed by atoms with Gasteiger partial charge in [-0.2, -0.15) is 0 Å². The quantitative estimate of drug-likeness (QED) is 0.400. The summed E-state index contributed by atoms with van der Waals surface area (Å²) < 4.78 is 5.62. The third-order valence-corrected chi connectivity index (χ3v) is 9.87. The van der Waals surface area contributed by atoms with Gasteiger partial charge in [0.2, 0.25) is 0 Å². The molecular formula is C4I4S. The fraction of sp³-hybridized carbons (Fsp3) is 0. The van der Waals surface area contributed by atoms with Crippen molar-refractivity contribution in [3.05, 3.63) is 12.9 Å². The standard InChI is InChI=1S/C4I4S/c5-1-2(6)4(8)9-3(1)7. The monoisotopic (exact) mass is 588 g/mol. The van der Waals surface area contributed by atoms with Gasteiger partial charge in [0.05, 0.1) is 12.9 Å². The van der Waals surface area contributed by atoms with Crippen molar-refractivity contribution in [3.8, 4) is 0 Å². The Morgan fingerprint density at radius 3 is 1.22 bits per heavy atom. The fourth-order valence-electron chi connectivity index (χ4n) is 0.341. The zero-order chi connectivity index (χ0) is 7.02. The SMILES string of the molecule is Ic1sc(I)c(I)c1I. The van der Waals surface area contributed by atoms with Crippen LogP contribution in [0.4, 0.5) is 0 Å². The zero-order valence-electron chi connectivity index (χ0n) is 3.92. The molecule has 9 heavy (non-hydrogen) atoms. The van der Waals surface area contributed by atoms with Crippen LogP contribution in [0.5, 0.6) is 0 Å². The molecule has 0 aliphatic heterocycles. The molecule has 0 radical (unpaired) electrons. The number of thiophene rings is 1. The molecule has 0 nitrogen and oxygen atoms in total. The van der Waals surface area contributed by atoms with E-state index in [-0.39, 0.29) is 0 Å². The van der Waals surface area contributed by atoms with Gasteiger partial charge in [-0.1, -0.05) is 0 Å². The molecule has 0 aromatic carbocycles. The van der Waals surface area contributed by atoms with Crippen LogP contribution < -0.4 is 0 Å². The van der Waals surface area contributed by atoms with Gasteiger partial charge >= 0.3 is 0 Å². The number of hydrogen-bond donors (Lipinski definition) is 0. The van der Waals surface area contributed by atoms with Gasteiger partial charge in [0, 0.05) is 0 Å². The minimum Gasteiger partial charge on any atom is -0.121 e. The summed E-state index contributed by atoms with van der Waals surface area (Å²) in [5.41, 5.74) is 0. The van der Waals surface area contributed by atoms with E-state index in [9.17, 15) is 0 Å². The molecule has 0 atom stereocenters. The highest BCUT2D eigenvalue weighted by molar-refractivity contribution is 14.1. The number of rotatable bonds is 0. The summed E-state index contributed by atoms with van der Waals surface area (Å²) in [5.74, 6) is 0. The first kappa shape index (κ1) is 9.71. The van der Waals surface area contributed by atoms with Crippen molar-refractivity contribution in [3.63, 3.8) is 0 Å². The molecule has 0 N–H and O–H groups in total. The summed E-state index contributed by atoms with van der Waals surface area (Å²) in [5, 5.41) is 0. The maximum Gasteiger partial charge on any atom is 0.0809 e. The maximum atomic E-state index is 2.38. The van der Waals surface area contributed by atoms with Crippen LogP contribution in [0.1, 0.15) is 0 Å². The van der Waals surface area contributed by atoms with E-state index in [1.165, 1.54) is 12.9 Å². The van der Waals surface area contributed by atoms with Crippen molar-refractivity contribution in [2.75, 3.05) is 0 Å². The molecule has 0 unspecified atom stereocenters. The van der Waals surface area contributed by atoms with Crippen molar-refractivity contribution in [2.24, 2.45) is 0 Å². The summed E-state index contributed by atoms with van der Waals surface area (Å²) >= 11 is 11.4. The smallest absolute Gasteiger partial charge is 0.0809 e. The second-order valence-electron chi connectivity index (χ2n) is 1.28. The molecule has 1 heterocycles. The molecular weight excluding hydrogens is 588 g/mol. The van der Waals surface area contributed by atoms with E-state index >= 15 is 0 Å². The zero-order valence-corrected chi connectivity index (χ0v) is 13.4. The lowest BCUT2D eigenvalue weighted by molar-refractivity contribution is 1.70. The van der Waals surface area contributed by atoms with Gasteiger partial charge in [-0.3, -0.25) is 0 Å². The highest BCUT2D eigenvalue weighted by Gasteiger charge is 2.08. The summed E-state index contributed by atoms with van der Waals surface area (Å²) in [6, 6.07) is 0. The van der Waals surface area contributed by atoms with E-state index in [0.717, 1.165) is 0 Å². The number of halogens is 4. The van der Waals surface area contributed by atoms with Gasteiger partial charge in [0.25, 0.3) is 0 Å². The Balaban J connectivity index is 3.29. The van der Waals surface area contributed by atoms with E-state index in [2.05, 4.69) is 90.4 Å². The molecule has 5 heteroatoms. The van der Waals surface area contributed by atoms with E-state index in [0.29, 0.717) is 0 Å². The minimum atomic E-state index is 1.40. The molecule has 0 aliphatic rings. The largest absolute Gasteiger partial charge is 0.121 e. The summed E-state index contributed by atoms with van der Waals surface area (Å²) in [7, 11) is 0. The van der Waals surface area contributed by atoms with Gasteiger partial charge < -0.3 is 0 Å². The third-order valence-electron chi connectivity index (χ3n) is 0.717. The molecule has 0 fully saturated rings. The summed E-state index contributed by atoms with van der Waals surface area (Å²) in [4.78, 5) is 0. The third kappa shape index (κ3) is 2.28. The molecule has 1 aromatic rings. The molecule has 0 saturated heterocycles. The van der Waals surface area contributed by atoms with Crippen molar-refractivity contribution < 1.29 is 0 Å². The van der Waals surface area contributed by atoms with Crippen LogP contribution in [-0.2, 0) is 0 Å². The Hall–Kier alpha value is 2.62. The van der Waals surface area contributed by atoms with E-state index in [1.807, 2.05) is 11.3 Å². The predicted molar refractivity (Wildman–Crippen MR) is 75.2 cm³/mol. The first-order chi connectivity index (χ1) is 4.13. The van der Waals surface area contributed by atoms with Crippen molar-refractivity contribution in [1.82, 2.24) is 0 Å². The normalized spacial score (nSPS) is 10.2. The molecule has 1 rings (SSSR count). The van der Waals surface area contributed by atoms with Gasteiger partial charge in [0.15, 0.2) is 0 Å². The molecule has 0 saturated carbocycles. The lowest BCUT2D eigenvalue weighted by Crippen LogP contribution is -1.71. The van der Waals surface area contributed by atoms with E-state index < -0.39 is 0 Å². The Morgan fingerprint density at radius 2 is 1.11 bits per heavy atom. The van der Waals surface area contributed by atoms with Crippen LogP contribution in [0, 0.1) is 12.9 Å². The Bertz CT molecular complexity index is 206. The molecule has 0 aliphatic carbocycles. The molecule has 50 valence electrons.